The standard InChI is InChI=1S/C17H25N3O2S/c1-3-23-15-6-4-13(5-7-15)12(2)19-17(22)20-10-8-14(9-11-20)16(18)21/h4-7,12,14H,3,8-11H2,1-2H3,(H2,18,21)(H,19,22)/t12-/m0/s1. The molecule has 1 aromatic carbocycles. The zero-order valence-corrected chi connectivity index (χ0v) is 14.6. The second kappa shape index (κ2) is 8.24. The van der Waals surface area contributed by atoms with E-state index in [-0.39, 0.29) is 23.9 Å². The molecule has 3 N–H and O–H groups in total. The number of hydrogen-bond donors (Lipinski definition) is 2. The van der Waals surface area contributed by atoms with Gasteiger partial charge in [-0.25, -0.2) is 4.79 Å². The van der Waals surface area contributed by atoms with E-state index in [1.807, 2.05) is 6.92 Å². The highest BCUT2D eigenvalue weighted by Crippen LogP contribution is 2.21. The first-order valence-electron chi connectivity index (χ1n) is 8.08. The third-order valence-corrected chi connectivity index (χ3v) is 5.11. The molecular formula is C17H25N3O2S. The summed E-state index contributed by atoms with van der Waals surface area (Å²) < 4.78 is 0. The van der Waals surface area contributed by atoms with Crippen LogP contribution < -0.4 is 11.1 Å². The van der Waals surface area contributed by atoms with Crippen molar-refractivity contribution < 1.29 is 9.59 Å². The SMILES string of the molecule is CCSc1ccc([C@H](C)NC(=O)N2CCC(C(N)=O)CC2)cc1. The molecule has 1 atom stereocenters. The summed E-state index contributed by atoms with van der Waals surface area (Å²) in [7, 11) is 0. The highest BCUT2D eigenvalue weighted by Gasteiger charge is 2.26. The number of rotatable bonds is 5. The van der Waals surface area contributed by atoms with E-state index in [0.29, 0.717) is 25.9 Å². The molecule has 1 aromatic rings. The van der Waals surface area contributed by atoms with Gasteiger partial charge in [0, 0.05) is 23.9 Å². The number of urea groups is 1. The third-order valence-electron chi connectivity index (χ3n) is 4.22. The molecule has 0 aliphatic carbocycles. The minimum absolute atomic E-state index is 0.0444. The summed E-state index contributed by atoms with van der Waals surface area (Å²) in [6.07, 6.45) is 1.31. The maximum atomic E-state index is 12.3. The largest absolute Gasteiger partial charge is 0.369 e. The average molecular weight is 335 g/mol. The minimum Gasteiger partial charge on any atom is -0.369 e. The molecule has 0 radical (unpaired) electrons. The Labute approximate surface area is 142 Å². The van der Waals surface area contributed by atoms with Crippen LogP contribution in [0.15, 0.2) is 29.2 Å². The molecule has 126 valence electrons. The summed E-state index contributed by atoms with van der Waals surface area (Å²) >= 11 is 1.80. The van der Waals surface area contributed by atoms with Crippen LogP contribution in [0.25, 0.3) is 0 Å². The van der Waals surface area contributed by atoms with Gasteiger partial charge in [-0.15, -0.1) is 11.8 Å². The number of nitrogens with one attached hydrogen (secondary N) is 1. The van der Waals surface area contributed by atoms with Gasteiger partial charge in [-0.2, -0.15) is 0 Å². The molecule has 5 nitrogen and oxygen atoms in total. The van der Waals surface area contributed by atoms with E-state index < -0.39 is 0 Å². The van der Waals surface area contributed by atoms with Crippen LogP contribution in [0.3, 0.4) is 0 Å². The van der Waals surface area contributed by atoms with Crippen molar-refractivity contribution >= 4 is 23.7 Å². The second-order valence-electron chi connectivity index (χ2n) is 5.84. The van der Waals surface area contributed by atoms with Crippen LogP contribution in [-0.4, -0.2) is 35.7 Å². The molecule has 1 fully saturated rings. The minimum atomic E-state index is -0.261. The van der Waals surface area contributed by atoms with Gasteiger partial charge in [0.1, 0.15) is 0 Å². The maximum absolute atomic E-state index is 12.3. The second-order valence-corrected chi connectivity index (χ2v) is 7.17. The van der Waals surface area contributed by atoms with Gasteiger partial charge in [0.15, 0.2) is 0 Å². The molecule has 0 aromatic heterocycles. The molecular weight excluding hydrogens is 310 g/mol. The fraction of sp³-hybridized carbons (Fsp3) is 0.529. The van der Waals surface area contributed by atoms with E-state index in [1.54, 1.807) is 16.7 Å². The Morgan fingerprint density at radius 3 is 2.43 bits per heavy atom. The Balaban J connectivity index is 1.86. The first-order valence-corrected chi connectivity index (χ1v) is 9.07. The van der Waals surface area contributed by atoms with Crippen LogP contribution >= 0.6 is 11.8 Å². The van der Waals surface area contributed by atoms with Crippen molar-refractivity contribution in [1.82, 2.24) is 10.2 Å². The lowest BCUT2D eigenvalue weighted by molar-refractivity contribution is -0.123. The topological polar surface area (TPSA) is 75.4 Å². The normalized spacial score (nSPS) is 16.9. The fourth-order valence-corrected chi connectivity index (χ4v) is 3.41. The lowest BCUT2D eigenvalue weighted by Crippen LogP contribution is -2.46. The van der Waals surface area contributed by atoms with Crippen molar-refractivity contribution in [2.75, 3.05) is 18.8 Å². The molecule has 0 saturated carbocycles. The number of likely N-dealkylation sites (tertiary alicyclic amines) is 1. The lowest BCUT2D eigenvalue weighted by atomic mass is 9.96. The smallest absolute Gasteiger partial charge is 0.317 e. The van der Waals surface area contributed by atoms with Crippen LogP contribution in [0.2, 0.25) is 0 Å². The Morgan fingerprint density at radius 1 is 1.30 bits per heavy atom. The molecule has 23 heavy (non-hydrogen) atoms. The number of amides is 3. The van der Waals surface area contributed by atoms with Crippen LogP contribution in [0.5, 0.6) is 0 Å². The van der Waals surface area contributed by atoms with Gasteiger partial charge in [0.2, 0.25) is 5.91 Å². The summed E-state index contributed by atoms with van der Waals surface area (Å²) in [5.74, 6) is 0.691. The number of hydrogen-bond acceptors (Lipinski definition) is 3. The Bertz CT molecular complexity index is 539. The lowest BCUT2D eigenvalue weighted by Gasteiger charge is -2.31. The molecule has 1 saturated heterocycles. The van der Waals surface area contributed by atoms with Crippen molar-refractivity contribution in [2.45, 2.75) is 37.6 Å². The van der Waals surface area contributed by atoms with Crippen LogP contribution in [0.4, 0.5) is 4.79 Å². The van der Waals surface area contributed by atoms with Crippen LogP contribution in [0, 0.1) is 5.92 Å². The molecule has 2 rings (SSSR count). The predicted octanol–water partition coefficient (Wildman–Crippen LogP) is 2.77. The maximum Gasteiger partial charge on any atom is 0.317 e. The van der Waals surface area contributed by atoms with Crippen molar-refractivity contribution in [1.29, 1.82) is 0 Å². The number of benzene rings is 1. The summed E-state index contributed by atoms with van der Waals surface area (Å²) in [4.78, 5) is 26.5. The van der Waals surface area contributed by atoms with E-state index in [1.165, 1.54) is 4.90 Å². The van der Waals surface area contributed by atoms with E-state index in [4.69, 9.17) is 5.73 Å². The van der Waals surface area contributed by atoms with Crippen molar-refractivity contribution in [2.24, 2.45) is 11.7 Å². The van der Waals surface area contributed by atoms with Gasteiger partial charge >= 0.3 is 6.03 Å². The summed E-state index contributed by atoms with van der Waals surface area (Å²) in [6.45, 7) is 5.27. The summed E-state index contributed by atoms with van der Waals surface area (Å²) in [5.41, 5.74) is 6.41. The average Bonchev–Trinajstić information content (AvgIpc) is 2.55. The highest BCUT2D eigenvalue weighted by atomic mass is 32.2. The number of nitrogens with zero attached hydrogens (tertiary/aromatic N) is 1. The summed E-state index contributed by atoms with van der Waals surface area (Å²) in [6, 6.07) is 8.17. The predicted molar refractivity (Wildman–Crippen MR) is 93.3 cm³/mol. The van der Waals surface area contributed by atoms with E-state index >= 15 is 0 Å². The fourth-order valence-electron chi connectivity index (χ4n) is 2.75. The number of carbonyl (C=O) groups is 2. The van der Waals surface area contributed by atoms with Gasteiger partial charge < -0.3 is 16.0 Å². The quantitative estimate of drug-likeness (QED) is 0.813. The Morgan fingerprint density at radius 2 is 1.91 bits per heavy atom. The third kappa shape index (κ3) is 4.89. The van der Waals surface area contributed by atoms with Crippen LogP contribution in [-0.2, 0) is 4.79 Å². The first-order chi connectivity index (χ1) is 11.0. The molecule has 1 aliphatic heterocycles. The van der Waals surface area contributed by atoms with Gasteiger partial charge in [-0.1, -0.05) is 19.1 Å². The number of piperidine rings is 1. The Kier molecular flexibility index (Phi) is 6.33. The van der Waals surface area contributed by atoms with Crippen molar-refractivity contribution in [3.8, 4) is 0 Å². The van der Waals surface area contributed by atoms with Gasteiger partial charge in [-0.3, -0.25) is 4.79 Å². The molecule has 0 unspecified atom stereocenters. The highest BCUT2D eigenvalue weighted by molar-refractivity contribution is 7.99. The van der Waals surface area contributed by atoms with Gasteiger partial charge in [-0.05, 0) is 43.2 Å². The van der Waals surface area contributed by atoms with Gasteiger partial charge in [0.05, 0.1) is 6.04 Å². The molecule has 6 heteroatoms. The molecule has 0 bridgehead atoms. The zero-order valence-electron chi connectivity index (χ0n) is 13.7. The van der Waals surface area contributed by atoms with E-state index in [0.717, 1.165) is 11.3 Å². The van der Waals surface area contributed by atoms with E-state index in [2.05, 4.69) is 36.5 Å². The first kappa shape index (κ1) is 17.7. The zero-order chi connectivity index (χ0) is 16.8. The molecule has 1 heterocycles. The molecule has 1 aliphatic rings. The van der Waals surface area contributed by atoms with Crippen molar-refractivity contribution in [3.05, 3.63) is 29.8 Å². The molecule has 0 spiro atoms. The number of carbonyl (C=O) groups excluding carboxylic acids is 2. The van der Waals surface area contributed by atoms with Crippen LogP contribution in [0.1, 0.15) is 38.3 Å². The monoisotopic (exact) mass is 335 g/mol. The number of primary amides is 1. The summed E-state index contributed by atoms with van der Waals surface area (Å²) in [5, 5.41) is 3.03. The number of nitrogens with two attached hydrogens (primary N) is 1. The van der Waals surface area contributed by atoms with Gasteiger partial charge in [0.25, 0.3) is 0 Å². The van der Waals surface area contributed by atoms with Crippen molar-refractivity contribution in [3.63, 3.8) is 0 Å². The molecule has 3 amide bonds. The van der Waals surface area contributed by atoms with E-state index in [9.17, 15) is 9.59 Å². The Hall–Kier alpha value is -1.69. The number of thioether (sulfide) groups is 1.